The molecule has 2 heteroatoms. The Morgan fingerprint density at radius 3 is 2.71 bits per heavy atom. The second kappa shape index (κ2) is 5.52. The predicted octanol–water partition coefficient (Wildman–Crippen LogP) is 1.88. The number of nitrogens with zero attached hydrogens (tertiary/aromatic N) is 1. The molecule has 2 nitrogen and oxygen atoms in total. The Morgan fingerprint density at radius 2 is 2.14 bits per heavy atom. The second-order valence-electron chi connectivity index (χ2n) is 4.94. The molecule has 0 aliphatic carbocycles. The molecule has 1 aliphatic rings. The molecule has 82 valence electrons. The molecule has 0 spiro atoms. The van der Waals surface area contributed by atoms with E-state index in [0.29, 0.717) is 5.41 Å². The van der Waals surface area contributed by atoms with Crippen molar-refractivity contribution in [1.82, 2.24) is 10.2 Å². The Bertz CT molecular complexity index is 185. The lowest BCUT2D eigenvalue weighted by Crippen LogP contribution is -2.41. The summed E-state index contributed by atoms with van der Waals surface area (Å²) in [6.45, 7) is 12.6. The van der Waals surface area contributed by atoms with E-state index in [1.54, 1.807) is 0 Å². The summed E-state index contributed by atoms with van der Waals surface area (Å²) in [6.07, 6.45) is 5.79. The molecule has 0 aromatic rings. The number of nitrogens with one attached hydrogen (secondary N) is 1. The number of rotatable bonds is 5. The van der Waals surface area contributed by atoms with Crippen LogP contribution in [0.15, 0.2) is 12.2 Å². The maximum absolute atomic E-state index is 3.43. The molecular formula is C12H24N2. The molecule has 0 unspecified atom stereocenters. The van der Waals surface area contributed by atoms with E-state index in [4.69, 9.17) is 0 Å². The van der Waals surface area contributed by atoms with Crippen molar-refractivity contribution in [2.45, 2.75) is 27.2 Å². The average Bonchev–Trinajstić information content (AvgIpc) is 2.16. The lowest BCUT2D eigenvalue weighted by atomic mass is 9.92. The predicted molar refractivity (Wildman–Crippen MR) is 62.5 cm³/mol. The molecule has 0 aromatic heterocycles. The van der Waals surface area contributed by atoms with Crippen molar-refractivity contribution >= 4 is 0 Å². The molecule has 0 atom stereocenters. The minimum atomic E-state index is 0.390. The van der Waals surface area contributed by atoms with Gasteiger partial charge in [-0.2, -0.15) is 0 Å². The van der Waals surface area contributed by atoms with Crippen molar-refractivity contribution in [1.29, 1.82) is 0 Å². The van der Waals surface area contributed by atoms with Crippen LogP contribution in [0.3, 0.4) is 0 Å². The molecule has 1 aliphatic heterocycles. The van der Waals surface area contributed by atoms with Crippen LogP contribution >= 0.6 is 0 Å². The van der Waals surface area contributed by atoms with Crippen molar-refractivity contribution < 1.29 is 0 Å². The Hall–Kier alpha value is -0.340. The van der Waals surface area contributed by atoms with E-state index < -0.39 is 0 Å². The standard InChI is InChI=1S/C12H24N2/c1-4-13-10-12(2,3)11-14-8-6-5-7-9-14/h5-6,13H,4,7-11H2,1-3H3. The summed E-state index contributed by atoms with van der Waals surface area (Å²) in [5.74, 6) is 0. The molecule has 14 heavy (non-hydrogen) atoms. The molecule has 1 heterocycles. The zero-order valence-electron chi connectivity index (χ0n) is 9.84. The van der Waals surface area contributed by atoms with E-state index >= 15 is 0 Å². The first-order valence-corrected chi connectivity index (χ1v) is 5.72. The third-order valence-electron chi connectivity index (χ3n) is 2.65. The van der Waals surface area contributed by atoms with Gasteiger partial charge in [0.15, 0.2) is 0 Å². The fourth-order valence-electron chi connectivity index (χ4n) is 1.96. The fourth-order valence-corrected chi connectivity index (χ4v) is 1.96. The molecule has 0 aromatic carbocycles. The van der Waals surface area contributed by atoms with E-state index in [0.717, 1.165) is 19.6 Å². The highest BCUT2D eigenvalue weighted by Gasteiger charge is 2.21. The summed E-state index contributed by atoms with van der Waals surface area (Å²) in [5.41, 5.74) is 0.390. The van der Waals surface area contributed by atoms with Gasteiger partial charge in [0.25, 0.3) is 0 Å². The molecule has 0 saturated carbocycles. The second-order valence-corrected chi connectivity index (χ2v) is 4.94. The number of hydrogen-bond acceptors (Lipinski definition) is 2. The SMILES string of the molecule is CCNCC(C)(C)CN1CC=CCC1. The smallest absolute Gasteiger partial charge is 0.0163 e. The highest BCUT2D eigenvalue weighted by atomic mass is 15.1. The van der Waals surface area contributed by atoms with Crippen LogP contribution in [0.1, 0.15) is 27.2 Å². The summed E-state index contributed by atoms with van der Waals surface area (Å²) >= 11 is 0. The van der Waals surface area contributed by atoms with Gasteiger partial charge in [0.05, 0.1) is 0 Å². The maximum atomic E-state index is 3.43. The van der Waals surface area contributed by atoms with Gasteiger partial charge in [-0.15, -0.1) is 0 Å². The van der Waals surface area contributed by atoms with Gasteiger partial charge in [-0.1, -0.05) is 32.9 Å². The lowest BCUT2D eigenvalue weighted by Gasteiger charge is -2.33. The first-order chi connectivity index (χ1) is 6.64. The van der Waals surface area contributed by atoms with E-state index in [1.807, 2.05) is 0 Å². The van der Waals surface area contributed by atoms with Crippen molar-refractivity contribution in [3.63, 3.8) is 0 Å². The molecule has 0 saturated heterocycles. The van der Waals surface area contributed by atoms with Crippen molar-refractivity contribution in [3.8, 4) is 0 Å². The Labute approximate surface area is 88.4 Å². The van der Waals surface area contributed by atoms with Crippen LogP contribution in [0.2, 0.25) is 0 Å². The Kier molecular flexibility index (Phi) is 4.63. The van der Waals surface area contributed by atoms with Gasteiger partial charge in [-0.3, -0.25) is 4.90 Å². The lowest BCUT2D eigenvalue weighted by molar-refractivity contribution is 0.187. The average molecular weight is 196 g/mol. The molecule has 0 bridgehead atoms. The topological polar surface area (TPSA) is 15.3 Å². The van der Waals surface area contributed by atoms with Crippen molar-refractivity contribution in [2.24, 2.45) is 5.41 Å². The molecule has 1 N–H and O–H groups in total. The van der Waals surface area contributed by atoms with Crippen LogP contribution in [-0.4, -0.2) is 37.6 Å². The van der Waals surface area contributed by atoms with E-state index in [9.17, 15) is 0 Å². The third-order valence-corrected chi connectivity index (χ3v) is 2.65. The van der Waals surface area contributed by atoms with E-state index in [2.05, 4.69) is 43.1 Å². The van der Waals surface area contributed by atoms with Crippen LogP contribution in [0.25, 0.3) is 0 Å². The van der Waals surface area contributed by atoms with Gasteiger partial charge < -0.3 is 5.32 Å². The molecule has 0 fully saturated rings. The van der Waals surface area contributed by atoms with E-state index in [-0.39, 0.29) is 0 Å². The quantitative estimate of drug-likeness (QED) is 0.675. The van der Waals surface area contributed by atoms with Gasteiger partial charge in [-0.05, 0) is 18.4 Å². The summed E-state index contributed by atoms with van der Waals surface area (Å²) in [5, 5.41) is 3.43. The molecule has 0 amide bonds. The van der Waals surface area contributed by atoms with Gasteiger partial charge >= 0.3 is 0 Å². The molecule has 1 rings (SSSR count). The monoisotopic (exact) mass is 196 g/mol. The minimum Gasteiger partial charge on any atom is -0.316 e. The van der Waals surface area contributed by atoms with Crippen molar-refractivity contribution in [2.75, 3.05) is 32.7 Å². The van der Waals surface area contributed by atoms with Crippen LogP contribution < -0.4 is 5.32 Å². The van der Waals surface area contributed by atoms with Gasteiger partial charge in [0, 0.05) is 26.2 Å². The largest absolute Gasteiger partial charge is 0.316 e. The van der Waals surface area contributed by atoms with E-state index in [1.165, 1.54) is 19.5 Å². The first-order valence-electron chi connectivity index (χ1n) is 5.72. The normalized spacial score (nSPS) is 18.8. The van der Waals surface area contributed by atoms with Crippen molar-refractivity contribution in [3.05, 3.63) is 12.2 Å². The molecule has 0 radical (unpaired) electrons. The third kappa shape index (κ3) is 4.25. The maximum Gasteiger partial charge on any atom is 0.0163 e. The van der Waals surface area contributed by atoms with Crippen LogP contribution in [0.4, 0.5) is 0 Å². The summed E-state index contributed by atoms with van der Waals surface area (Å²) in [4.78, 5) is 2.54. The summed E-state index contributed by atoms with van der Waals surface area (Å²) < 4.78 is 0. The molecular weight excluding hydrogens is 172 g/mol. The zero-order chi connectivity index (χ0) is 10.4. The van der Waals surface area contributed by atoms with Crippen LogP contribution in [0.5, 0.6) is 0 Å². The highest BCUT2D eigenvalue weighted by molar-refractivity contribution is 4.92. The van der Waals surface area contributed by atoms with Gasteiger partial charge in [0.1, 0.15) is 0 Å². The summed E-state index contributed by atoms with van der Waals surface area (Å²) in [7, 11) is 0. The van der Waals surface area contributed by atoms with Gasteiger partial charge in [-0.25, -0.2) is 0 Å². The Balaban J connectivity index is 2.29. The highest BCUT2D eigenvalue weighted by Crippen LogP contribution is 2.17. The van der Waals surface area contributed by atoms with Crippen LogP contribution in [0, 0.1) is 5.41 Å². The van der Waals surface area contributed by atoms with Gasteiger partial charge in [0.2, 0.25) is 0 Å². The fraction of sp³-hybridized carbons (Fsp3) is 0.833. The Morgan fingerprint density at radius 1 is 1.36 bits per heavy atom. The number of hydrogen-bond donors (Lipinski definition) is 1. The first kappa shape index (κ1) is 11.7. The summed E-state index contributed by atoms with van der Waals surface area (Å²) in [6, 6.07) is 0. The zero-order valence-corrected chi connectivity index (χ0v) is 9.84. The van der Waals surface area contributed by atoms with Crippen LogP contribution in [-0.2, 0) is 0 Å². The minimum absolute atomic E-state index is 0.390.